The summed E-state index contributed by atoms with van der Waals surface area (Å²) in [5.41, 5.74) is 0.718. The van der Waals surface area contributed by atoms with E-state index in [1.54, 1.807) is 37.1 Å². The van der Waals surface area contributed by atoms with E-state index in [2.05, 4.69) is 10.6 Å². The summed E-state index contributed by atoms with van der Waals surface area (Å²) < 4.78 is 9.87. The Labute approximate surface area is 140 Å². The summed E-state index contributed by atoms with van der Waals surface area (Å²) >= 11 is 0. The summed E-state index contributed by atoms with van der Waals surface area (Å²) in [5.74, 6) is 0.0657. The van der Waals surface area contributed by atoms with Crippen LogP contribution in [0, 0.1) is 0 Å². The predicted molar refractivity (Wildman–Crippen MR) is 86.9 cm³/mol. The fourth-order valence-electron chi connectivity index (χ4n) is 2.43. The molecule has 1 aliphatic rings. The number of rotatable bonds is 6. The van der Waals surface area contributed by atoms with Crippen molar-refractivity contribution < 1.29 is 23.9 Å². The van der Waals surface area contributed by atoms with Crippen LogP contribution >= 0.6 is 0 Å². The zero-order valence-corrected chi connectivity index (χ0v) is 13.7. The molecule has 1 aromatic rings. The number of hydrogen-bond acceptors (Lipinski definition) is 5. The van der Waals surface area contributed by atoms with Gasteiger partial charge in [-0.3, -0.25) is 9.59 Å². The van der Waals surface area contributed by atoms with Crippen molar-refractivity contribution in [3.05, 3.63) is 24.3 Å². The Morgan fingerprint density at radius 3 is 2.88 bits per heavy atom. The van der Waals surface area contributed by atoms with Crippen LogP contribution in [0.4, 0.5) is 10.5 Å². The largest absolute Gasteiger partial charge is 0.497 e. The highest BCUT2D eigenvalue weighted by molar-refractivity contribution is 5.97. The van der Waals surface area contributed by atoms with Crippen molar-refractivity contribution in [3.8, 4) is 5.75 Å². The number of nitrogens with zero attached hydrogens (tertiary/aromatic N) is 1. The summed E-state index contributed by atoms with van der Waals surface area (Å²) in [5, 5.41) is 5.09. The van der Waals surface area contributed by atoms with E-state index in [0.29, 0.717) is 12.3 Å². The second-order valence-corrected chi connectivity index (χ2v) is 5.24. The molecule has 0 aliphatic carbocycles. The van der Waals surface area contributed by atoms with E-state index in [4.69, 9.17) is 9.47 Å². The molecule has 8 nitrogen and oxygen atoms in total. The normalized spacial score (nSPS) is 16.7. The number of carbonyl (C=O) groups is 3. The fourth-order valence-corrected chi connectivity index (χ4v) is 2.43. The van der Waals surface area contributed by atoms with Gasteiger partial charge in [-0.25, -0.2) is 4.79 Å². The third kappa shape index (κ3) is 4.61. The Morgan fingerprint density at radius 2 is 2.17 bits per heavy atom. The second kappa shape index (κ2) is 8.19. The van der Waals surface area contributed by atoms with Crippen molar-refractivity contribution in [1.82, 2.24) is 10.6 Å². The van der Waals surface area contributed by atoms with Crippen molar-refractivity contribution in [1.29, 1.82) is 0 Å². The van der Waals surface area contributed by atoms with Crippen LogP contribution in [0.25, 0.3) is 0 Å². The first kappa shape index (κ1) is 17.6. The molecule has 2 rings (SSSR count). The number of hydrogen-bond donors (Lipinski definition) is 2. The third-order valence-electron chi connectivity index (χ3n) is 3.52. The molecule has 24 heavy (non-hydrogen) atoms. The van der Waals surface area contributed by atoms with Gasteiger partial charge in [0.25, 0.3) is 0 Å². The molecule has 130 valence electrons. The standard InChI is InChI=1S/C16H21N3O5/c1-3-24-15(21)9-17-16(22)18-11-7-14(20)19(10-11)12-5-4-6-13(8-12)23-2/h4-6,8,11H,3,7,9-10H2,1-2H3,(H2,17,18,22). The van der Waals surface area contributed by atoms with E-state index in [0.717, 1.165) is 5.69 Å². The molecule has 1 saturated heterocycles. The van der Waals surface area contributed by atoms with Crippen molar-refractivity contribution in [3.63, 3.8) is 0 Å². The number of ether oxygens (including phenoxy) is 2. The van der Waals surface area contributed by atoms with Gasteiger partial charge in [-0.2, -0.15) is 0 Å². The van der Waals surface area contributed by atoms with Gasteiger partial charge >= 0.3 is 12.0 Å². The monoisotopic (exact) mass is 335 g/mol. The van der Waals surface area contributed by atoms with Gasteiger partial charge in [-0.15, -0.1) is 0 Å². The van der Waals surface area contributed by atoms with E-state index >= 15 is 0 Å². The van der Waals surface area contributed by atoms with E-state index in [9.17, 15) is 14.4 Å². The summed E-state index contributed by atoms with van der Waals surface area (Å²) in [7, 11) is 1.56. The molecule has 1 atom stereocenters. The van der Waals surface area contributed by atoms with Crippen LogP contribution in [0.3, 0.4) is 0 Å². The molecular weight excluding hydrogens is 314 g/mol. The topological polar surface area (TPSA) is 97.0 Å². The maximum absolute atomic E-state index is 12.2. The third-order valence-corrected chi connectivity index (χ3v) is 3.52. The molecular formula is C16H21N3O5. The molecule has 1 aliphatic heterocycles. The lowest BCUT2D eigenvalue weighted by atomic mass is 10.2. The molecule has 8 heteroatoms. The van der Waals surface area contributed by atoms with Gasteiger partial charge in [-0.05, 0) is 19.1 Å². The number of esters is 1. The maximum Gasteiger partial charge on any atom is 0.325 e. The molecule has 1 fully saturated rings. The highest BCUT2D eigenvalue weighted by Gasteiger charge is 2.31. The summed E-state index contributed by atoms with van der Waals surface area (Å²) in [6, 6.07) is 6.33. The molecule has 2 N–H and O–H groups in total. The van der Waals surface area contributed by atoms with Crippen LogP contribution in [0.1, 0.15) is 13.3 Å². The van der Waals surface area contributed by atoms with Gasteiger partial charge in [-0.1, -0.05) is 6.07 Å². The SMILES string of the molecule is CCOC(=O)CNC(=O)NC1CC(=O)N(c2cccc(OC)c2)C1. The Balaban J connectivity index is 1.87. The lowest BCUT2D eigenvalue weighted by Crippen LogP contribution is -2.45. The quantitative estimate of drug-likeness (QED) is 0.745. The van der Waals surface area contributed by atoms with Crippen molar-refractivity contribution in [2.24, 2.45) is 0 Å². The number of benzene rings is 1. The Morgan fingerprint density at radius 1 is 1.38 bits per heavy atom. The molecule has 0 aromatic heterocycles. The van der Waals surface area contributed by atoms with Gasteiger partial charge in [0, 0.05) is 24.7 Å². The average molecular weight is 335 g/mol. The number of amides is 3. The van der Waals surface area contributed by atoms with Gasteiger partial charge < -0.3 is 25.0 Å². The Bertz CT molecular complexity index is 619. The number of methoxy groups -OCH3 is 1. The highest BCUT2D eigenvalue weighted by atomic mass is 16.5. The minimum atomic E-state index is -0.506. The molecule has 1 unspecified atom stereocenters. The van der Waals surface area contributed by atoms with Crippen LogP contribution in [0.5, 0.6) is 5.75 Å². The Kier molecular flexibility index (Phi) is 6.00. The zero-order valence-electron chi connectivity index (χ0n) is 13.7. The number of carbonyl (C=O) groups excluding carboxylic acids is 3. The van der Waals surface area contributed by atoms with Crippen LogP contribution < -0.4 is 20.3 Å². The Hall–Kier alpha value is -2.77. The number of urea groups is 1. The van der Waals surface area contributed by atoms with Gasteiger partial charge in [0.2, 0.25) is 5.91 Å². The summed E-state index contributed by atoms with van der Waals surface area (Å²) in [4.78, 5) is 36.7. The smallest absolute Gasteiger partial charge is 0.325 e. The molecule has 0 saturated carbocycles. The zero-order chi connectivity index (χ0) is 17.5. The summed E-state index contributed by atoms with van der Waals surface area (Å²) in [6.07, 6.45) is 0.198. The predicted octanol–water partition coefficient (Wildman–Crippen LogP) is 0.663. The molecule has 0 radical (unpaired) electrons. The molecule has 3 amide bonds. The first-order valence-corrected chi connectivity index (χ1v) is 7.68. The van der Waals surface area contributed by atoms with Crippen LogP contribution in [0.2, 0.25) is 0 Å². The van der Waals surface area contributed by atoms with Gasteiger partial charge in [0.1, 0.15) is 12.3 Å². The summed E-state index contributed by atoms with van der Waals surface area (Å²) in [6.45, 7) is 2.10. The minimum absolute atomic E-state index is 0.0843. The molecule has 1 heterocycles. The van der Waals surface area contributed by atoms with Gasteiger partial charge in [0.05, 0.1) is 19.8 Å². The fraction of sp³-hybridized carbons (Fsp3) is 0.438. The van der Waals surface area contributed by atoms with Crippen molar-refractivity contribution in [2.45, 2.75) is 19.4 Å². The molecule has 0 bridgehead atoms. The lowest BCUT2D eigenvalue weighted by molar-refractivity contribution is -0.141. The van der Waals surface area contributed by atoms with Crippen molar-refractivity contribution >= 4 is 23.6 Å². The molecule has 0 spiro atoms. The van der Waals surface area contributed by atoms with Crippen LogP contribution in [-0.4, -0.2) is 50.8 Å². The number of anilines is 1. The van der Waals surface area contributed by atoms with Gasteiger partial charge in [0.15, 0.2) is 0 Å². The van der Waals surface area contributed by atoms with Crippen LogP contribution in [0.15, 0.2) is 24.3 Å². The maximum atomic E-state index is 12.2. The van der Waals surface area contributed by atoms with E-state index < -0.39 is 12.0 Å². The minimum Gasteiger partial charge on any atom is -0.497 e. The van der Waals surface area contributed by atoms with E-state index in [-0.39, 0.29) is 31.5 Å². The second-order valence-electron chi connectivity index (χ2n) is 5.24. The van der Waals surface area contributed by atoms with Crippen LogP contribution in [-0.2, 0) is 14.3 Å². The average Bonchev–Trinajstić information content (AvgIpc) is 2.93. The highest BCUT2D eigenvalue weighted by Crippen LogP contribution is 2.25. The van der Waals surface area contributed by atoms with Crippen molar-refractivity contribution in [2.75, 3.05) is 31.7 Å². The first-order chi connectivity index (χ1) is 11.5. The lowest BCUT2D eigenvalue weighted by Gasteiger charge is -2.18. The first-order valence-electron chi connectivity index (χ1n) is 7.68. The molecule has 1 aromatic carbocycles. The van der Waals surface area contributed by atoms with E-state index in [1.165, 1.54) is 0 Å². The van der Waals surface area contributed by atoms with E-state index in [1.807, 2.05) is 6.07 Å². The number of nitrogens with one attached hydrogen (secondary N) is 2.